The van der Waals surface area contributed by atoms with Crippen LogP contribution in [0.15, 0.2) is 24.3 Å². The Balaban J connectivity index is 2.11. The molecule has 7 N–H and O–H groups in total. The summed E-state index contributed by atoms with van der Waals surface area (Å²) in [5, 5.41) is 40.8. The number of ether oxygens (including phenoxy) is 2. The lowest BCUT2D eigenvalue weighted by molar-refractivity contribution is -0.244. The monoisotopic (exact) mass is 384 g/mol. The van der Waals surface area contributed by atoms with Gasteiger partial charge in [0.15, 0.2) is 0 Å². The highest BCUT2D eigenvalue weighted by atomic mass is 16.7. The number of hydrogen-bond acceptors (Lipinski definition) is 8. The molecule has 1 aliphatic rings. The van der Waals surface area contributed by atoms with Crippen molar-refractivity contribution >= 4 is 11.9 Å². The lowest BCUT2D eigenvalue weighted by atomic mass is 9.97. The maximum atomic E-state index is 11.4. The van der Waals surface area contributed by atoms with Crippen LogP contribution in [0.1, 0.15) is 12.5 Å². The number of benzene rings is 1. The molecule has 1 aliphatic heterocycles. The third-order valence-corrected chi connectivity index (χ3v) is 4.20. The molecule has 1 heterocycles. The van der Waals surface area contributed by atoms with Gasteiger partial charge in [-0.05, 0) is 24.1 Å². The first-order valence-corrected chi connectivity index (χ1v) is 8.36. The summed E-state index contributed by atoms with van der Waals surface area (Å²) in [6, 6.07) is 4.30. The second-order valence-electron chi connectivity index (χ2n) is 6.34. The van der Waals surface area contributed by atoms with Gasteiger partial charge in [0.1, 0.15) is 36.1 Å². The van der Waals surface area contributed by atoms with Gasteiger partial charge >= 0.3 is 5.97 Å². The van der Waals surface area contributed by atoms with E-state index in [-0.39, 0.29) is 6.42 Å². The Labute approximate surface area is 155 Å². The van der Waals surface area contributed by atoms with E-state index in [0.717, 1.165) is 0 Å². The zero-order valence-electron chi connectivity index (χ0n) is 14.7. The molecular weight excluding hydrogens is 360 g/mol. The van der Waals surface area contributed by atoms with Crippen molar-refractivity contribution in [2.45, 2.75) is 50.0 Å². The maximum Gasteiger partial charge on any atom is 0.320 e. The molecule has 1 fully saturated rings. The topological polar surface area (TPSA) is 172 Å². The molecule has 1 saturated heterocycles. The molecule has 0 aromatic heterocycles. The lowest BCUT2D eigenvalue weighted by Crippen LogP contribution is -2.65. The number of aliphatic hydroxyl groups excluding tert-OH is 3. The molecule has 0 saturated carbocycles. The van der Waals surface area contributed by atoms with Crippen LogP contribution in [-0.4, -0.2) is 75.6 Å². The predicted octanol–water partition coefficient (Wildman–Crippen LogP) is -2.04. The molecular formula is C17H24N2O8. The van der Waals surface area contributed by atoms with Crippen molar-refractivity contribution in [2.24, 2.45) is 5.73 Å². The largest absolute Gasteiger partial charge is 0.480 e. The number of aliphatic hydroxyl groups is 3. The summed E-state index contributed by atoms with van der Waals surface area (Å²) in [6.45, 7) is 0.700. The quantitative estimate of drug-likeness (QED) is 0.310. The van der Waals surface area contributed by atoms with E-state index < -0.39 is 55.2 Å². The van der Waals surface area contributed by atoms with Crippen LogP contribution in [0.5, 0.6) is 5.75 Å². The Bertz CT molecular complexity index is 653. The molecule has 10 heteroatoms. The molecule has 2 rings (SSSR count). The van der Waals surface area contributed by atoms with Crippen LogP contribution in [0.4, 0.5) is 0 Å². The molecule has 0 spiro atoms. The molecule has 150 valence electrons. The lowest BCUT2D eigenvalue weighted by Gasteiger charge is -2.42. The van der Waals surface area contributed by atoms with E-state index in [9.17, 15) is 24.9 Å². The van der Waals surface area contributed by atoms with Gasteiger partial charge in [0.2, 0.25) is 12.2 Å². The van der Waals surface area contributed by atoms with Gasteiger partial charge in [-0.1, -0.05) is 12.1 Å². The van der Waals surface area contributed by atoms with Crippen LogP contribution < -0.4 is 15.8 Å². The van der Waals surface area contributed by atoms with Gasteiger partial charge in [-0.15, -0.1) is 0 Å². The number of rotatable bonds is 7. The van der Waals surface area contributed by atoms with Crippen LogP contribution in [0.3, 0.4) is 0 Å². The van der Waals surface area contributed by atoms with E-state index in [0.29, 0.717) is 11.3 Å². The third kappa shape index (κ3) is 5.37. The SMILES string of the molecule is CC(=O)N[C@H]1[C@@H](Oc2ccc(C[C@H](N)C(=O)O)cc2)O[C@H](CO)[C@H](O)[C@@H]1O. The average Bonchev–Trinajstić information content (AvgIpc) is 2.62. The van der Waals surface area contributed by atoms with Crippen molar-refractivity contribution in [3.05, 3.63) is 29.8 Å². The molecule has 0 unspecified atom stereocenters. The molecule has 1 aromatic carbocycles. The van der Waals surface area contributed by atoms with Crippen LogP contribution >= 0.6 is 0 Å². The van der Waals surface area contributed by atoms with Gasteiger partial charge in [-0.25, -0.2) is 0 Å². The first-order valence-electron chi connectivity index (χ1n) is 8.36. The molecule has 0 bridgehead atoms. The molecule has 6 atom stereocenters. The number of aliphatic carboxylic acids is 1. The second-order valence-corrected chi connectivity index (χ2v) is 6.34. The van der Waals surface area contributed by atoms with E-state index in [1.165, 1.54) is 6.92 Å². The van der Waals surface area contributed by atoms with Gasteiger partial charge in [-0.2, -0.15) is 0 Å². The summed E-state index contributed by atoms with van der Waals surface area (Å²) in [5.74, 6) is -1.24. The Kier molecular flexibility index (Phi) is 7.11. The van der Waals surface area contributed by atoms with Crippen LogP contribution in [0, 0.1) is 0 Å². The normalized spacial score (nSPS) is 29.0. The van der Waals surface area contributed by atoms with E-state index in [2.05, 4.69) is 5.32 Å². The van der Waals surface area contributed by atoms with Crippen molar-refractivity contribution in [1.82, 2.24) is 5.32 Å². The number of nitrogens with one attached hydrogen (secondary N) is 1. The maximum absolute atomic E-state index is 11.4. The number of hydrogen-bond donors (Lipinski definition) is 6. The summed E-state index contributed by atoms with van der Waals surface area (Å²) >= 11 is 0. The van der Waals surface area contributed by atoms with Crippen molar-refractivity contribution in [3.63, 3.8) is 0 Å². The van der Waals surface area contributed by atoms with Gasteiger partial charge in [0.25, 0.3) is 0 Å². The first-order chi connectivity index (χ1) is 12.7. The Hall–Kier alpha value is -2.24. The summed E-state index contributed by atoms with van der Waals surface area (Å²) < 4.78 is 11.1. The molecule has 10 nitrogen and oxygen atoms in total. The predicted molar refractivity (Wildman–Crippen MR) is 91.8 cm³/mol. The van der Waals surface area contributed by atoms with Crippen LogP contribution in [0.25, 0.3) is 0 Å². The van der Waals surface area contributed by atoms with Gasteiger partial charge in [0.05, 0.1) is 6.61 Å². The summed E-state index contributed by atoms with van der Waals surface area (Å²) in [5.41, 5.74) is 6.18. The van der Waals surface area contributed by atoms with E-state index in [1.54, 1.807) is 24.3 Å². The zero-order chi connectivity index (χ0) is 20.1. The van der Waals surface area contributed by atoms with Crippen molar-refractivity contribution in [1.29, 1.82) is 0 Å². The number of carbonyl (C=O) groups is 2. The number of carboxylic acid groups (broad SMARTS) is 1. The Morgan fingerprint density at radius 2 is 1.89 bits per heavy atom. The number of amides is 1. The second kappa shape index (κ2) is 9.11. The number of carboxylic acids is 1. The minimum absolute atomic E-state index is 0.140. The van der Waals surface area contributed by atoms with E-state index in [4.69, 9.17) is 20.3 Å². The average molecular weight is 384 g/mol. The highest BCUT2D eigenvalue weighted by Crippen LogP contribution is 2.25. The minimum Gasteiger partial charge on any atom is -0.480 e. The Morgan fingerprint density at radius 3 is 2.41 bits per heavy atom. The molecule has 27 heavy (non-hydrogen) atoms. The fourth-order valence-electron chi connectivity index (χ4n) is 2.75. The van der Waals surface area contributed by atoms with Crippen LogP contribution in [-0.2, 0) is 20.7 Å². The fourth-order valence-corrected chi connectivity index (χ4v) is 2.75. The Morgan fingerprint density at radius 1 is 1.26 bits per heavy atom. The molecule has 0 radical (unpaired) electrons. The van der Waals surface area contributed by atoms with Crippen molar-refractivity contribution in [2.75, 3.05) is 6.61 Å². The summed E-state index contributed by atoms with van der Waals surface area (Å²) in [7, 11) is 0. The number of carbonyl (C=O) groups excluding carboxylic acids is 1. The van der Waals surface area contributed by atoms with Crippen molar-refractivity contribution in [3.8, 4) is 5.75 Å². The minimum atomic E-state index is -1.40. The van der Waals surface area contributed by atoms with Gasteiger partial charge < -0.3 is 41.0 Å². The highest BCUT2D eigenvalue weighted by Gasteiger charge is 2.46. The molecule has 1 amide bonds. The molecule has 1 aromatic rings. The van der Waals surface area contributed by atoms with Crippen LogP contribution in [0.2, 0.25) is 0 Å². The zero-order valence-corrected chi connectivity index (χ0v) is 14.7. The fraction of sp³-hybridized carbons (Fsp3) is 0.529. The first kappa shape index (κ1) is 21.1. The summed E-state index contributed by atoms with van der Waals surface area (Å²) in [4.78, 5) is 22.2. The van der Waals surface area contributed by atoms with Crippen molar-refractivity contribution < 1.29 is 39.5 Å². The number of nitrogens with two attached hydrogens (primary N) is 1. The van der Waals surface area contributed by atoms with E-state index >= 15 is 0 Å². The van der Waals surface area contributed by atoms with E-state index in [1.807, 2.05) is 0 Å². The molecule has 0 aliphatic carbocycles. The van der Waals surface area contributed by atoms with Gasteiger partial charge in [0, 0.05) is 6.92 Å². The standard InChI is InChI=1S/C17H24N2O8/c1-8(21)19-13-15(23)14(22)12(7-20)27-17(13)26-10-4-2-9(3-5-10)6-11(18)16(24)25/h2-5,11-15,17,20,22-23H,6-7,18H2,1H3,(H,19,21)(H,24,25)/t11-,12+,13+,14-,15+,17-/m0/s1. The van der Waals surface area contributed by atoms with Gasteiger partial charge in [-0.3, -0.25) is 9.59 Å². The smallest absolute Gasteiger partial charge is 0.320 e. The summed E-state index contributed by atoms with van der Waals surface area (Å²) in [6.07, 6.45) is -4.90. The highest BCUT2D eigenvalue weighted by molar-refractivity contribution is 5.73. The third-order valence-electron chi connectivity index (χ3n) is 4.20.